The van der Waals surface area contributed by atoms with Gasteiger partial charge in [-0.2, -0.15) is 0 Å². The van der Waals surface area contributed by atoms with Gasteiger partial charge < -0.3 is 0 Å². The summed E-state index contributed by atoms with van der Waals surface area (Å²) < 4.78 is 8.74. The van der Waals surface area contributed by atoms with Crippen LogP contribution in [0.15, 0.2) is 31.1 Å². The molecule has 1 amide bonds. The summed E-state index contributed by atoms with van der Waals surface area (Å²) in [6.07, 6.45) is 5.81. The Labute approximate surface area is 177 Å². The fourth-order valence-corrected chi connectivity index (χ4v) is 5.75. The van der Waals surface area contributed by atoms with E-state index in [1.54, 1.807) is 0 Å². The topological polar surface area (TPSA) is 74.9 Å². The monoisotopic (exact) mass is 500 g/mol. The van der Waals surface area contributed by atoms with E-state index in [9.17, 15) is 4.79 Å². The summed E-state index contributed by atoms with van der Waals surface area (Å²) in [5.41, 5.74) is 4.52. The van der Waals surface area contributed by atoms with Crippen molar-refractivity contribution in [1.29, 1.82) is 0 Å². The van der Waals surface area contributed by atoms with Crippen molar-refractivity contribution in [1.82, 2.24) is 19.3 Å². The molecule has 0 unspecified atom stereocenters. The van der Waals surface area contributed by atoms with Gasteiger partial charge in [-0.1, -0.05) is 0 Å². The van der Waals surface area contributed by atoms with Crippen LogP contribution in [-0.4, -0.2) is 65.9 Å². The number of rotatable bonds is 6. The second kappa shape index (κ2) is 8.04. The normalized spacial score (nSPS) is 13.2. The van der Waals surface area contributed by atoms with E-state index in [0.29, 0.717) is 24.5 Å². The molecular formula is C19H20N6OSSn. The van der Waals surface area contributed by atoms with E-state index in [1.807, 2.05) is 55.7 Å². The van der Waals surface area contributed by atoms with Crippen molar-refractivity contribution in [2.24, 2.45) is 3.21 Å². The number of hydrogen-bond acceptors (Lipinski definition) is 6. The first-order chi connectivity index (χ1) is 13.6. The maximum absolute atomic E-state index is 12.5. The van der Waals surface area contributed by atoms with Crippen LogP contribution >= 0.6 is 11.3 Å². The minimum atomic E-state index is -0.739. The maximum atomic E-state index is 12.5. The van der Waals surface area contributed by atoms with Crippen molar-refractivity contribution < 1.29 is 4.79 Å². The number of nitrogens with one attached hydrogen (secondary N) is 1. The molecule has 0 saturated heterocycles. The number of amides is 1. The molecule has 1 aliphatic rings. The molecule has 0 bridgehead atoms. The molecule has 0 fully saturated rings. The predicted octanol–water partition coefficient (Wildman–Crippen LogP) is 3.37. The van der Waals surface area contributed by atoms with E-state index in [-0.39, 0.29) is 5.91 Å². The molecule has 0 saturated carbocycles. The zero-order chi connectivity index (χ0) is 19.7. The first kappa shape index (κ1) is 19.1. The second-order valence-electron chi connectivity index (χ2n) is 6.36. The van der Waals surface area contributed by atoms with Gasteiger partial charge in [0.2, 0.25) is 0 Å². The number of thiophene rings is 1. The van der Waals surface area contributed by atoms with Crippen molar-refractivity contribution in [3.8, 4) is 0 Å². The molecule has 3 aromatic heterocycles. The molecular weight excluding hydrogens is 479 g/mol. The quantitative estimate of drug-likeness (QED) is 0.529. The summed E-state index contributed by atoms with van der Waals surface area (Å²) in [6, 6.07) is 1.88. The fraction of sp³-hybridized carbons (Fsp3) is 0.263. The first-order valence-electron chi connectivity index (χ1n) is 9.09. The van der Waals surface area contributed by atoms with Gasteiger partial charge in [0.05, 0.1) is 0 Å². The van der Waals surface area contributed by atoms with E-state index >= 15 is 0 Å². The van der Waals surface area contributed by atoms with Crippen LogP contribution in [0.1, 0.15) is 35.6 Å². The van der Waals surface area contributed by atoms with Crippen LogP contribution in [-0.2, 0) is 0 Å². The molecule has 3 aromatic rings. The van der Waals surface area contributed by atoms with Crippen molar-refractivity contribution in [3.63, 3.8) is 0 Å². The Morgan fingerprint density at radius 3 is 2.89 bits per heavy atom. The van der Waals surface area contributed by atoms with Gasteiger partial charge >= 0.3 is 151 Å². The Morgan fingerprint density at radius 1 is 1.36 bits per heavy atom. The van der Waals surface area contributed by atoms with E-state index < -0.39 is 21.4 Å². The summed E-state index contributed by atoms with van der Waals surface area (Å²) in [6.45, 7) is 7.35. The van der Waals surface area contributed by atoms with E-state index in [1.165, 1.54) is 11.3 Å². The number of aromatic nitrogens is 3. The standard InChI is InChI=1S/C19H20N6OS.Sn/c1-5-24(6-2)19(26)14-7-16(27-11-14)23-17-18-21-9-15(12(3)8-20)25(18)10-13(4)22-17;/h3,7-11H,5-6H2,1-2,4H3,(H,22,23);/q-1;+1. The number of carbonyl (C=O) groups excluding carboxylic acids is 1. The third-order valence-electron chi connectivity index (χ3n) is 4.55. The number of imidazole rings is 1. The van der Waals surface area contributed by atoms with Crippen LogP contribution in [0.5, 0.6) is 0 Å². The van der Waals surface area contributed by atoms with Gasteiger partial charge in [-0.05, 0) is 13.8 Å². The summed E-state index contributed by atoms with van der Waals surface area (Å²) in [5, 5.41) is 6.11. The Balaban J connectivity index is 1.66. The number of nitrogens with zero attached hydrogens (tertiary/aromatic N) is 5. The molecule has 0 aliphatic carbocycles. The molecule has 0 atom stereocenters. The molecule has 0 aromatic carbocycles. The molecule has 2 radical (unpaired) electrons. The summed E-state index contributed by atoms with van der Waals surface area (Å²) in [5.74, 6) is 0.739. The molecule has 1 aliphatic heterocycles. The SMILES string of the molecule is CCN(CC)C(=O)c1csc(Nc2nc(C)cn3c(C4=[CH][Sn][N]=C4)cnc23)c1. The number of carbonyl (C=O) groups is 1. The molecule has 7 nitrogen and oxygen atoms in total. The van der Waals surface area contributed by atoms with Crippen molar-refractivity contribution in [2.45, 2.75) is 20.8 Å². The minimum absolute atomic E-state index is 0.0531. The van der Waals surface area contributed by atoms with Gasteiger partial charge in [-0.25, -0.2) is 0 Å². The molecule has 1 N–H and O–H groups in total. The predicted molar refractivity (Wildman–Crippen MR) is 115 cm³/mol. The number of fused-ring (bicyclic) bond motifs is 1. The first-order valence-corrected chi connectivity index (χ1v) is 12.9. The van der Waals surface area contributed by atoms with Gasteiger partial charge in [-0.15, -0.1) is 0 Å². The van der Waals surface area contributed by atoms with E-state index in [2.05, 4.69) is 27.0 Å². The van der Waals surface area contributed by atoms with E-state index in [4.69, 9.17) is 0 Å². The van der Waals surface area contributed by atoms with Gasteiger partial charge in [-0.3, -0.25) is 0 Å². The molecule has 4 rings (SSSR count). The Morgan fingerprint density at radius 2 is 2.18 bits per heavy atom. The molecule has 9 heteroatoms. The van der Waals surface area contributed by atoms with Gasteiger partial charge in [0.1, 0.15) is 0 Å². The molecule has 4 heterocycles. The van der Waals surface area contributed by atoms with Crippen LogP contribution in [0.2, 0.25) is 0 Å². The summed E-state index contributed by atoms with van der Waals surface area (Å²) in [4.78, 5) is 23.6. The number of hydrogen-bond donors (Lipinski definition) is 1. The zero-order valence-corrected chi connectivity index (χ0v) is 19.6. The number of allylic oxidation sites excluding steroid dienone is 1. The average Bonchev–Trinajstić information content (AvgIpc) is 3.42. The summed E-state index contributed by atoms with van der Waals surface area (Å²) in [7, 11) is 0. The van der Waals surface area contributed by atoms with Crippen LogP contribution in [0.25, 0.3) is 11.2 Å². The van der Waals surface area contributed by atoms with Crippen LogP contribution in [0.4, 0.5) is 10.8 Å². The molecule has 0 spiro atoms. The van der Waals surface area contributed by atoms with Gasteiger partial charge in [0.15, 0.2) is 0 Å². The third kappa shape index (κ3) is 3.58. The second-order valence-corrected chi connectivity index (χ2v) is 9.57. The van der Waals surface area contributed by atoms with Gasteiger partial charge in [0.25, 0.3) is 0 Å². The summed E-state index contributed by atoms with van der Waals surface area (Å²) >= 11 is 0.758. The van der Waals surface area contributed by atoms with E-state index in [0.717, 1.165) is 27.6 Å². The fourth-order valence-electron chi connectivity index (χ4n) is 3.12. The number of aryl methyl sites for hydroxylation is 1. The van der Waals surface area contributed by atoms with Crippen molar-refractivity contribution >= 4 is 66.9 Å². The average molecular weight is 499 g/mol. The van der Waals surface area contributed by atoms with Gasteiger partial charge in [0, 0.05) is 13.1 Å². The number of anilines is 2. The Hall–Kier alpha value is -2.20. The zero-order valence-electron chi connectivity index (χ0n) is 15.9. The molecule has 142 valence electrons. The van der Waals surface area contributed by atoms with Crippen LogP contribution in [0, 0.1) is 6.92 Å². The van der Waals surface area contributed by atoms with Crippen LogP contribution < -0.4 is 5.32 Å². The van der Waals surface area contributed by atoms with Crippen LogP contribution in [0.3, 0.4) is 0 Å². The van der Waals surface area contributed by atoms with Crippen molar-refractivity contribution in [2.75, 3.05) is 18.4 Å². The Kier molecular flexibility index (Phi) is 5.49. The Bertz CT molecular complexity index is 1100. The third-order valence-corrected chi connectivity index (χ3v) is 7.44. The molecule has 28 heavy (non-hydrogen) atoms. The van der Waals surface area contributed by atoms with Crippen molar-refractivity contribution in [3.05, 3.63) is 44.9 Å².